The molecule has 2 aromatic carbocycles. The summed E-state index contributed by atoms with van der Waals surface area (Å²) in [6.45, 7) is 4.38. The Bertz CT molecular complexity index is 915. The Morgan fingerprint density at radius 3 is 2.50 bits per heavy atom. The Balaban J connectivity index is 1.46. The van der Waals surface area contributed by atoms with Crippen molar-refractivity contribution in [2.24, 2.45) is 0 Å². The third-order valence-electron chi connectivity index (χ3n) is 3.88. The number of esters is 1. The van der Waals surface area contributed by atoms with E-state index in [1.165, 1.54) is 6.08 Å². The fraction of sp³-hybridized carbons (Fsp3) is 0.227. The van der Waals surface area contributed by atoms with Crippen molar-refractivity contribution in [2.45, 2.75) is 33.0 Å². The molecule has 0 aliphatic carbocycles. The van der Waals surface area contributed by atoms with Crippen LogP contribution < -0.4 is 4.74 Å². The van der Waals surface area contributed by atoms with E-state index in [4.69, 9.17) is 14.0 Å². The normalized spacial score (nSPS) is 11.1. The largest absolute Gasteiger partial charge is 0.489 e. The van der Waals surface area contributed by atoms with Gasteiger partial charge >= 0.3 is 5.97 Å². The topological polar surface area (TPSA) is 74.5 Å². The summed E-state index contributed by atoms with van der Waals surface area (Å²) in [4.78, 5) is 16.0. The smallest absolute Gasteiger partial charge is 0.331 e. The molecule has 0 saturated heterocycles. The number of nitrogens with zero attached hydrogens (tertiary/aromatic N) is 2. The van der Waals surface area contributed by atoms with Crippen LogP contribution in [0.4, 0.5) is 0 Å². The molecule has 0 saturated carbocycles. The van der Waals surface area contributed by atoms with Gasteiger partial charge in [0.25, 0.3) is 5.89 Å². The molecule has 0 aliphatic rings. The SMILES string of the molecule is CC(C)c1noc(COC(=O)/C=C/c2ccc(OCc3ccccc3)cc2)n1. The van der Waals surface area contributed by atoms with Gasteiger partial charge in [0.15, 0.2) is 12.4 Å². The van der Waals surface area contributed by atoms with Crippen LogP contribution in [0.25, 0.3) is 6.08 Å². The minimum atomic E-state index is -0.478. The maximum atomic E-state index is 11.8. The maximum Gasteiger partial charge on any atom is 0.331 e. The summed E-state index contributed by atoms with van der Waals surface area (Å²) in [6, 6.07) is 17.4. The Hall–Kier alpha value is -3.41. The van der Waals surface area contributed by atoms with Crippen molar-refractivity contribution in [3.05, 3.63) is 83.5 Å². The van der Waals surface area contributed by atoms with Gasteiger partial charge in [-0.1, -0.05) is 61.5 Å². The van der Waals surface area contributed by atoms with Gasteiger partial charge < -0.3 is 14.0 Å². The van der Waals surface area contributed by atoms with E-state index >= 15 is 0 Å². The van der Waals surface area contributed by atoms with E-state index in [0.29, 0.717) is 12.4 Å². The summed E-state index contributed by atoms with van der Waals surface area (Å²) in [7, 11) is 0. The second-order valence-electron chi connectivity index (χ2n) is 6.49. The number of aromatic nitrogens is 2. The van der Waals surface area contributed by atoms with Crippen LogP contribution >= 0.6 is 0 Å². The highest BCUT2D eigenvalue weighted by atomic mass is 16.6. The van der Waals surface area contributed by atoms with Gasteiger partial charge in [-0.25, -0.2) is 4.79 Å². The van der Waals surface area contributed by atoms with E-state index < -0.39 is 5.97 Å². The predicted molar refractivity (Wildman–Crippen MR) is 104 cm³/mol. The standard InChI is InChI=1S/C22H22N2O4/c1-16(2)22-23-20(28-24-22)15-27-21(25)13-10-17-8-11-19(12-9-17)26-14-18-6-4-3-5-7-18/h3-13,16H,14-15H2,1-2H3/b13-10+. The third kappa shape index (κ3) is 5.81. The van der Waals surface area contributed by atoms with Crippen LogP contribution in [0.2, 0.25) is 0 Å². The Morgan fingerprint density at radius 1 is 1.07 bits per heavy atom. The Labute approximate surface area is 163 Å². The lowest BCUT2D eigenvalue weighted by Gasteiger charge is -2.06. The first-order chi connectivity index (χ1) is 13.6. The van der Waals surface area contributed by atoms with E-state index in [9.17, 15) is 4.79 Å². The number of hydrogen-bond donors (Lipinski definition) is 0. The lowest BCUT2D eigenvalue weighted by molar-refractivity contribution is -0.139. The van der Waals surface area contributed by atoms with Crippen molar-refractivity contribution in [1.82, 2.24) is 10.1 Å². The second kappa shape index (κ2) is 9.50. The fourth-order valence-electron chi connectivity index (χ4n) is 2.32. The molecule has 0 amide bonds. The average Bonchev–Trinajstić information content (AvgIpc) is 3.20. The first kappa shape index (κ1) is 19.4. The summed E-state index contributed by atoms with van der Waals surface area (Å²) in [5.74, 6) is 1.32. The summed E-state index contributed by atoms with van der Waals surface area (Å²) >= 11 is 0. The molecular formula is C22H22N2O4. The molecule has 0 radical (unpaired) electrons. The lowest BCUT2D eigenvalue weighted by atomic mass is 10.2. The molecule has 1 heterocycles. The maximum absolute atomic E-state index is 11.8. The molecule has 6 heteroatoms. The third-order valence-corrected chi connectivity index (χ3v) is 3.88. The van der Waals surface area contributed by atoms with Crippen LogP contribution in [-0.2, 0) is 22.7 Å². The number of carbonyl (C=O) groups is 1. The van der Waals surface area contributed by atoms with Crippen molar-refractivity contribution in [3.63, 3.8) is 0 Å². The van der Waals surface area contributed by atoms with Gasteiger partial charge in [0.1, 0.15) is 12.4 Å². The van der Waals surface area contributed by atoms with Gasteiger partial charge in [-0.3, -0.25) is 0 Å². The van der Waals surface area contributed by atoms with Crippen molar-refractivity contribution in [3.8, 4) is 5.75 Å². The highest BCUT2D eigenvalue weighted by Crippen LogP contribution is 2.15. The fourth-order valence-corrected chi connectivity index (χ4v) is 2.32. The zero-order chi connectivity index (χ0) is 19.8. The molecule has 0 spiro atoms. The van der Waals surface area contributed by atoms with Gasteiger partial charge in [0, 0.05) is 12.0 Å². The highest BCUT2D eigenvalue weighted by Gasteiger charge is 2.10. The molecule has 144 valence electrons. The van der Waals surface area contributed by atoms with E-state index in [2.05, 4.69) is 10.1 Å². The molecule has 1 aromatic heterocycles. The lowest BCUT2D eigenvalue weighted by Crippen LogP contribution is -2.01. The Kier molecular flexibility index (Phi) is 6.57. The Morgan fingerprint density at radius 2 is 1.82 bits per heavy atom. The minimum Gasteiger partial charge on any atom is -0.489 e. The molecule has 0 bridgehead atoms. The van der Waals surface area contributed by atoms with Crippen molar-refractivity contribution < 1.29 is 18.8 Å². The average molecular weight is 378 g/mol. The van der Waals surface area contributed by atoms with E-state index in [0.717, 1.165) is 16.9 Å². The molecule has 0 aliphatic heterocycles. The van der Waals surface area contributed by atoms with Crippen molar-refractivity contribution in [1.29, 1.82) is 0 Å². The van der Waals surface area contributed by atoms with Gasteiger partial charge in [-0.2, -0.15) is 4.98 Å². The number of hydrogen-bond acceptors (Lipinski definition) is 6. The number of rotatable bonds is 8. The molecule has 0 unspecified atom stereocenters. The zero-order valence-electron chi connectivity index (χ0n) is 15.9. The van der Waals surface area contributed by atoms with Crippen LogP contribution in [0.5, 0.6) is 5.75 Å². The highest BCUT2D eigenvalue weighted by molar-refractivity contribution is 5.87. The molecule has 0 N–H and O–H groups in total. The second-order valence-corrected chi connectivity index (χ2v) is 6.49. The van der Waals surface area contributed by atoms with Gasteiger partial charge in [-0.05, 0) is 29.3 Å². The summed E-state index contributed by atoms with van der Waals surface area (Å²) in [5.41, 5.74) is 1.97. The van der Waals surface area contributed by atoms with Crippen LogP contribution in [-0.4, -0.2) is 16.1 Å². The van der Waals surface area contributed by atoms with Crippen molar-refractivity contribution >= 4 is 12.0 Å². The van der Waals surface area contributed by atoms with E-state index in [-0.39, 0.29) is 18.4 Å². The molecule has 0 atom stereocenters. The van der Waals surface area contributed by atoms with Crippen molar-refractivity contribution in [2.75, 3.05) is 0 Å². The van der Waals surface area contributed by atoms with E-state index in [1.807, 2.05) is 68.4 Å². The minimum absolute atomic E-state index is 0.0465. The summed E-state index contributed by atoms with van der Waals surface area (Å²) in [5, 5.41) is 3.82. The number of ether oxygens (including phenoxy) is 2. The van der Waals surface area contributed by atoms with Gasteiger partial charge in [-0.15, -0.1) is 0 Å². The van der Waals surface area contributed by atoms with Crippen LogP contribution in [0.15, 0.2) is 65.2 Å². The van der Waals surface area contributed by atoms with Crippen LogP contribution in [0, 0.1) is 0 Å². The quantitative estimate of drug-likeness (QED) is 0.423. The zero-order valence-corrected chi connectivity index (χ0v) is 15.9. The van der Waals surface area contributed by atoms with Gasteiger partial charge in [0.2, 0.25) is 0 Å². The summed E-state index contributed by atoms with van der Waals surface area (Å²) < 4.78 is 15.9. The molecule has 3 rings (SSSR count). The first-order valence-electron chi connectivity index (χ1n) is 9.04. The van der Waals surface area contributed by atoms with Gasteiger partial charge in [0.05, 0.1) is 0 Å². The monoisotopic (exact) mass is 378 g/mol. The molecule has 6 nitrogen and oxygen atoms in total. The molecule has 28 heavy (non-hydrogen) atoms. The van der Waals surface area contributed by atoms with Crippen LogP contribution in [0.1, 0.15) is 42.6 Å². The van der Waals surface area contributed by atoms with E-state index in [1.54, 1.807) is 6.08 Å². The number of benzene rings is 2. The molecular weight excluding hydrogens is 356 g/mol. The predicted octanol–water partition coefficient (Wildman–Crippen LogP) is 4.53. The first-order valence-corrected chi connectivity index (χ1v) is 9.04. The molecule has 3 aromatic rings. The summed E-state index contributed by atoms with van der Waals surface area (Å²) in [6.07, 6.45) is 3.04. The molecule has 0 fully saturated rings. The number of carbonyl (C=O) groups excluding carboxylic acids is 1. The van der Waals surface area contributed by atoms with Crippen LogP contribution in [0.3, 0.4) is 0 Å².